The zero-order valence-electron chi connectivity index (χ0n) is 16.8. The molecule has 3 aromatic rings. The molecular weight excluding hydrogens is 478 g/mol. The van der Waals surface area contributed by atoms with Crippen LogP contribution >= 0.6 is 27.5 Å². The van der Waals surface area contributed by atoms with E-state index in [1.165, 1.54) is 0 Å². The number of fused-ring (bicyclic) bond motifs is 3. The van der Waals surface area contributed by atoms with Crippen LogP contribution in [-0.2, 0) is 13.1 Å². The average Bonchev–Trinajstić information content (AvgIpc) is 3.09. The van der Waals surface area contributed by atoms with Crippen LogP contribution in [0, 0.1) is 6.92 Å². The summed E-state index contributed by atoms with van der Waals surface area (Å²) in [6.45, 7) is 3.75. The molecule has 2 aliphatic heterocycles. The second kappa shape index (κ2) is 8.15. The Morgan fingerprint density at radius 3 is 2.61 bits per heavy atom. The third-order valence-electron chi connectivity index (χ3n) is 5.47. The van der Waals surface area contributed by atoms with Crippen molar-refractivity contribution in [3.05, 3.63) is 97.7 Å². The van der Waals surface area contributed by atoms with Crippen molar-refractivity contribution in [2.75, 3.05) is 6.73 Å². The van der Waals surface area contributed by atoms with Crippen molar-refractivity contribution in [3.8, 4) is 11.5 Å². The van der Waals surface area contributed by atoms with Crippen LogP contribution in [0.2, 0.25) is 5.02 Å². The Balaban J connectivity index is 1.45. The van der Waals surface area contributed by atoms with E-state index < -0.39 is 0 Å². The third-order valence-corrected chi connectivity index (χ3v) is 6.26. The van der Waals surface area contributed by atoms with E-state index >= 15 is 0 Å². The first kappa shape index (κ1) is 20.3. The summed E-state index contributed by atoms with van der Waals surface area (Å²) in [6, 6.07) is 17.5. The first-order valence-electron chi connectivity index (χ1n) is 9.94. The number of carbonyl (C=O) groups is 1. The maximum atomic E-state index is 13.1. The van der Waals surface area contributed by atoms with Crippen molar-refractivity contribution >= 4 is 39.4 Å². The minimum absolute atomic E-state index is 0.0898. The van der Waals surface area contributed by atoms with Gasteiger partial charge in [-0.15, -0.1) is 0 Å². The first-order chi connectivity index (χ1) is 15.0. The van der Waals surface area contributed by atoms with E-state index in [0.717, 1.165) is 39.0 Å². The predicted octanol–water partition coefficient (Wildman–Crippen LogP) is 6.38. The molecule has 0 fully saturated rings. The molecule has 0 saturated carbocycles. The molecule has 6 heteroatoms. The zero-order chi connectivity index (χ0) is 21.5. The number of benzene rings is 3. The summed E-state index contributed by atoms with van der Waals surface area (Å²) in [7, 11) is 0. The molecule has 0 aromatic heterocycles. The molecule has 2 aliphatic rings. The molecule has 0 saturated heterocycles. The number of allylic oxidation sites excluding steroid dienone is 1. The van der Waals surface area contributed by atoms with Gasteiger partial charge in [-0.2, -0.15) is 0 Å². The number of ether oxygens (including phenoxy) is 2. The van der Waals surface area contributed by atoms with E-state index in [-0.39, 0.29) is 5.78 Å². The molecule has 0 amide bonds. The van der Waals surface area contributed by atoms with Crippen molar-refractivity contribution < 1.29 is 14.3 Å². The van der Waals surface area contributed by atoms with Gasteiger partial charge in [0.2, 0.25) is 5.78 Å². The first-order valence-corrected chi connectivity index (χ1v) is 11.1. The third kappa shape index (κ3) is 4.01. The lowest BCUT2D eigenvalue weighted by Gasteiger charge is -2.30. The molecule has 0 bridgehead atoms. The standard InChI is InChI=1S/C25H19BrClNO3/c1-15-10-21-20(13-28(14-30-21)12-17-4-8-19(27)9-5-17)25-23(15)24(29)22(31-25)11-16-2-6-18(26)7-3-16/h2-11H,12-14H2,1H3/b22-11-. The summed E-state index contributed by atoms with van der Waals surface area (Å²) >= 11 is 9.43. The molecule has 0 spiro atoms. The Morgan fingerprint density at radius 1 is 1.13 bits per heavy atom. The zero-order valence-corrected chi connectivity index (χ0v) is 19.2. The Morgan fingerprint density at radius 2 is 1.87 bits per heavy atom. The summed E-state index contributed by atoms with van der Waals surface area (Å²) in [4.78, 5) is 15.3. The van der Waals surface area contributed by atoms with Gasteiger partial charge < -0.3 is 9.47 Å². The smallest absolute Gasteiger partial charge is 0.232 e. The Kier molecular flexibility index (Phi) is 5.34. The topological polar surface area (TPSA) is 38.8 Å². The molecule has 156 valence electrons. The second-order valence-corrected chi connectivity index (χ2v) is 9.10. The number of Topliss-reactive ketones (excluding diaryl/α,β-unsaturated/α-hetero) is 1. The summed E-state index contributed by atoms with van der Waals surface area (Å²) in [5.41, 5.74) is 4.45. The van der Waals surface area contributed by atoms with Crippen LogP contribution in [-0.4, -0.2) is 17.4 Å². The number of ketones is 1. The van der Waals surface area contributed by atoms with E-state index in [1.807, 2.05) is 61.5 Å². The molecule has 0 unspecified atom stereocenters. The van der Waals surface area contributed by atoms with Crippen LogP contribution in [0.3, 0.4) is 0 Å². The molecule has 3 aromatic carbocycles. The lowest BCUT2D eigenvalue weighted by molar-refractivity contribution is 0.0872. The van der Waals surface area contributed by atoms with Crippen molar-refractivity contribution in [1.29, 1.82) is 0 Å². The quantitative estimate of drug-likeness (QED) is 0.395. The number of hydrogen-bond donors (Lipinski definition) is 0. The van der Waals surface area contributed by atoms with Gasteiger partial charge in [0.25, 0.3) is 0 Å². The van der Waals surface area contributed by atoms with Crippen LogP contribution in [0.1, 0.15) is 32.6 Å². The SMILES string of the molecule is Cc1cc2c(c3c1C(=O)/C(=C/c1ccc(Br)cc1)O3)CN(Cc1ccc(Cl)cc1)CO2. The molecule has 0 N–H and O–H groups in total. The number of rotatable bonds is 3. The monoisotopic (exact) mass is 495 g/mol. The average molecular weight is 497 g/mol. The van der Waals surface area contributed by atoms with Crippen LogP contribution in [0.4, 0.5) is 0 Å². The molecule has 31 heavy (non-hydrogen) atoms. The maximum Gasteiger partial charge on any atom is 0.232 e. The van der Waals surface area contributed by atoms with E-state index in [4.69, 9.17) is 21.1 Å². The van der Waals surface area contributed by atoms with Gasteiger partial charge in [-0.1, -0.05) is 51.8 Å². The summed E-state index contributed by atoms with van der Waals surface area (Å²) in [5.74, 6) is 1.64. The minimum Gasteiger partial charge on any atom is -0.478 e. The molecule has 5 rings (SSSR count). The fourth-order valence-electron chi connectivity index (χ4n) is 3.94. The summed E-state index contributed by atoms with van der Waals surface area (Å²) in [5, 5.41) is 0.717. The highest BCUT2D eigenvalue weighted by atomic mass is 79.9. The largest absolute Gasteiger partial charge is 0.478 e. The number of carbonyl (C=O) groups excluding carboxylic acids is 1. The molecule has 0 atom stereocenters. The van der Waals surface area contributed by atoms with Crippen molar-refractivity contribution in [1.82, 2.24) is 4.90 Å². The van der Waals surface area contributed by atoms with Gasteiger partial charge in [0.15, 0.2) is 5.76 Å². The molecule has 4 nitrogen and oxygen atoms in total. The Bertz CT molecular complexity index is 1200. The van der Waals surface area contributed by atoms with Crippen LogP contribution in [0.25, 0.3) is 6.08 Å². The van der Waals surface area contributed by atoms with Gasteiger partial charge in [-0.25, -0.2) is 0 Å². The predicted molar refractivity (Wildman–Crippen MR) is 124 cm³/mol. The van der Waals surface area contributed by atoms with E-state index in [9.17, 15) is 4.79 Å². The van der Waals surface area contributed by atoms with Gasteiger partial charge in [0.05, 0.1) is 11.1 Å². The highest BCUT2D eigenvalue weighted by Gasteiger charge is 2.35. The van der Waals surface area contributed by atoms with Crippen LogP contribution < -0.4 is 9.47 Å². The van der Waals surface area contributed by atoms with E-state index in [2.05, 4.69) is 20.8 Å². The van der Waals surface area contributed by atoms with Crippen LogP contribution in [0.5, 0.6) is 11.5 Å². The van der Waals surface area contributed by atoms with Gasteiger partial charge in [0, 0.05) is 22.6 Å². The summed E-state index contributed by atoms with van der Waals surface area (Å²) in [6.07, 6.45) is 1.79. The fourth-order valence-corrected chi connectivity index (χ4v) is 4.33. The lowest BCUT2D eigenvalue weighted by atomic mass is 9.98. The highest BCUT2D eigenvalue weighted by Crippen LogP contribution is 2.44. The lowest BCUT2D eigenvalue weighted by Crippen LogP contribution is -2.31. The normalized spacial score (nSPS) is 16.6. The van der Waals surface area contributed by atoms with E-state index in [1.54, 1.807) is 6.08 Å². The van der Waals surface area contributed by atoms with E-state index in [0.29, 0.717) is 35.4 Å². The fraction of sp³-hybridized carbons (Fsp3) is 0.160. The molecule has 2 heterocycles. The molecular formula is C25H19BrClNO3. The van der Waals surface area contributed by atoms with Crippen molar-refractivity contribution in [2.24, 2.45) is 0 Å². The van der Waals surface area contributed by atoms with Gasteiger partial charge >= 0.3 is 0 Å². The van der Waals surface area contributed by atoms with Crippen molar-refractivity contribution in [2.45, 2.75) is 20.0 Å². The minimum atomic E-state index is -0.0898. The number of halogens is 2. The Hall–Kier alpha value is -2.60. The van der Waals surface area contributed by atoms with Gasteiger partial charge in [-0.3, -0.25) is 9.69 Å². The number of aryl methyl sites for hydroxylation is 1. The van der Waals surface area contributed by atoms with Gasteiger partial charge in [-0.05, 0) is 60.0 Å². The van der Waals surface area contributed by atoms with Crippen LogP contribution in [0.15, 0.2) is 64.8 Å². The second-order valence-electron chi connectivity index (χ2n) is 7.75. The number of nitrogens with zero attached hydrogens (tertiary/aromatic N) is 1. The van der Waals surface area contributed by atoms with Crippen molar-refractivity contribution in [3.63, 3.8) is 0 Å². The molecule has 0 radical (unpaired) electrons. The number of hydrogen-bond acceptors (Lipinski definition) is 4. The van der Waals surface area contributed by atoms with Gasteiger partial charge in [0.1, 0.15) is 18.2 Å². The maximum absolute atomic E-state index is 13.1. The Labute approximate surface area is 194 Å². The molecule has 0 aliphatic carbocycles. The highest BCUT2D eigenvalue weighted by molar-refractivity contribution is 9.10. The summed E-state index contributed by atoms with van der Waals surface area (Å²) < 4.78 is 13.1.